The fourth-order valence-corrected chi connectivity index (χ4v) is 5.45. The molecular weight excluding hydrogens is 563 g/mol. The van der Waals surface area contributed by atoms with Gasteiger partial charge in [-0.15, -0.1) is 11.3 Å². The van der Waals surface area contributed by atoms with Crippen LogP contribution in [0, 0.1) is 0 Å². The predicted octanol–water partition coefficient (Wildman–Crippen LogP) is 7.32. The van der Waals surface area contributed by atoms with Gasteiger partial charge < -0.3 is 15.6 Å². The van der Waals surface area contributed by atoms with Gasteiger partial charge in [0, 0.05) is 21.5 Å². The monoisotopic (exact) mass is 583 g/mol. The van der Waals surface area contributed by atoms with E-state index in [9.17, 15) is 18.0 Å². The van der Waals surface area contributed by atoms with Crippen molar-refractivity contribution >= 4 is 39.1 Å². The minimum absolute atomic E-state index is 0.0956. The Hall–Kier alpha value is -3.99. The average molecular weight is 584 g/mol. The summed E-state index contributed by atoms with van der Waals surface area (Å²) in [6, 6.07) is 18.9. The van der Waals surface area contributed by atoms with E-state index < -0.39 is 24.3 Å². The number of rotatable bonds is 8. The van der Waals surface area contributed by atoms with Crippen LogP contribution in [-0.2, 0) is 11.2 Å². The smallest absolute Gasteiger partial charge is 0.429 e. The minimum atomic E-state index is -4.76. The van der Waals surface area contributed by atoms with Gasteiger partial charge in [0.2, 0.25) is 12.0 Å². The number of carboxylic acid groups (broad SMARTS) is 1. The van der Waals surface area contributed by atoms with E-state index >= 15 is 0 Å². The largest absolute Gasteiger partial charge is 0.480 e. The summed E-state index contributed by atoms with van der Waals surface area (Å²) in [5.41, 5.74) is 9.00. The molecule has 2 atom stereocenters. The maximum atomic E-state index is 14.5. The number of carboxylic acids is 1. The molecular formula is C29H21ClF3N3O3S. The van der Waals surface area contributed by atoms with Gasteiger partial charge >= 0.3 is 12.1 Å². The van der Waals surface area contributed by atoms with Crippen LogP contribution in [0.25, 0.3) is 32.5 Å². The normalized spacial score (nSPS) is 13.2. The Kier molecular flexibility index (Phi) is 7.75. The Morgan fingerprint density at radius 2 is 1.70 bits per heavy atom. The molecule has 0 bridgehead atoms. The summed E-state index contributed by atoms with van der Waals surface area (Å²) in [4.78, 5) is 19.4. The number of aliphatic carboxylic acids is 1. The molecule has 3 N–H and O–H groups in total. The van der Waals surface area contributed by atoms with Gasteiger partial charge in [-0.3, -0.25) is 4.79 Å². The number of carbonyl (C=O) groups is 1. The number of alkyl halides is 3. The summed E-state index contributed by atoms with van der Waals surface area (Å²) in [6.45, 7) is 0. The second-order valence-electron chi connectivity index (χ2n) is 8.99. The van der Waals surface area contributed by atoms with Gasteiger partial charge in [0.1, 0.15) is 17.1 Å². The zero-order chi connectivity index (χ0) is 28.4. The molecule has 204 valence electrons. The SMILES string of the molecule is NC(Cc1ccc(-c2csc3c(OC(c4ccc(Cl)cc4-c4ccccc4)C(F)(F)F)ncnc23)cc1)C(=O)O. The number of halogens is 4. The van der Waals surface area contributed by atoms with E-state index in [1.165, 1.54) is 35.9 Å². The van der Waals surface area contributed by atoms with Crippen molar-refractivity contribution in [2.45, 2.75) is 24.7 Å². The zero-order valence-electron chi connectivity index (χ0n) is 20.6. The maximum absolute atomic E-state index is 14.5. The Morgan fingerprint density at radius 1 is 1.00 bits per heavy atom. The highest BCUT2D eigenvalue weighted by atomic mass is 35.5. The number of hydrogen-bond acceptors (Lipinski definition) is 6. The molecule has 6 nitrogen and oxygen atoms in total. The third-order valence-electron chi connectivity index (χ3n) is 6.27. The number of ether oxygens (including phenoxy) is 1. The van der Waals surface area contributed by atoms with Gasteiger partial charge in [-0.2, -0.15) is 13.2 Å². The van der Waals surface area contributed by atoms with E-state index in [0.29, 0.717) is 31.9 Å². The van der Waals surface area contributed by atoms with Crippen molar-refractivity contribution in [1.82, 2.24) is 9.97 Å². The van der Waals surface area contributed by atoms with Crippen molar-refractivity contribution in [3.05, 3.63) is 101 Å². The van der Waals surface area contributed by atoms with Crippen LogP contribution < -0.4 is 10.5 Å². The summed E-state index contributed by atoms with van der Waals surface area (Å²) in [6.07, 6.45) is -5.75. The number of nitrogens with zero attached hydrogens (tertiary/aromatic N) is 2. The van der Waals surface area contributed by atoms with Crippen LogP contribution in [0.5, 0.6) is 5.88 Å². The quantitative estimate of drug-likeness (QED) is 0.199. The molecule has 0 radical (unpaired) electrons. The zero-order valence-corrected chi connectivity index (χ0v) is 22.2. The molecule has 5 aromatic rings. The van der Waals surface area contributed by atoms with Crippen molar-refractivity contribution < 1.29 is 27.8 Å². The molecule has 5 rings (SSSR count). The summed E-state index contributed by atoms with van der Waals surface area (Å²) in [5, 5.41) is 11.1. The van der Waals surface area contributed by atoms with Crippen LogP contribution in [0.2, 0.25) is 5.02 Å². The molecule has 0 aliphatic rings. The fraction of sp³-hybridized carbons (Fsp3) is 0.138. The van der Waals surface area contributed by atoms with Crippen LogP contribution in [0.15, 0.2) is 84.5 Å². The number of aromatic nitrogens is 2. The second kappa shape index (κ2) is 11.2. The van der Waals surface area contributed by atoms with Gasteiger partial charge in [0.25, 0.3) is 0 Å². The lowest BCUT2D eigenvalue weighted by Gasteiger charge is -2.24. The van der Waals surface area contributed by atoms with E-state index in [2.05, 4.69) is 9.97 Å². The molecule has 0 saturated heterocycles. The van der Waals surface area contributed by atoms with Crippen LogP contribution in [0.3, 0.4) is 0 Å². The lowest BCUT2D eigenvalue weighted by atomic mass is 9.96. The van der Waals surface area contributed by atoms with Gasteiger partial charge in [-0.05, 0) is 40.8 Å². The number of hydrogen-bond donors (Lipinski definition) is 2. The van der Waals surface area contributed by atoms with Crippen LogP contribution in [-0.4, -0.2) is 33.3 Å². The number of benzene rings is 3. The molecule has 0 aliphatic heterocycles. The highest BCUT2D eigenvalue weighted by Gasteiger charge is 2.45. The summed E-state index contributed by atoms with van der Waals surface area (Å²) < 4.78 is 49.5. The minimum Gasteiger partial charge on any atom is -0.480 e. The van der Waals surface area contributed by atoms with Crippen molar-refractivity contribution in [3.63, 3.8) is 0 Å². The first-order valence-electron chi connectivity index (χ1n) is 12.0. The van der Waals surface area contributed by atoms with Gasteiger partial charge in [-0.25, -0.2) is 9.97 Å². The maximum Gasteiger partial charge on any atom is 0.429 e. The molecule has 2 unspecified atom stereocenters. The summed E-state index contributed by atoms with van der Waals surface area (Å²) >= 11 is 7.33. The Labute approximate surface area is 235 Å². The number of nitrogens with two attached hydrogens (primary N) is 1. The van der Waals surface area contributed by atoms with Crippen LogP contribution in [0.1, 0.15) is 17.2 Å². The molecule has 0 aliphatic carbocycles. The summed E-state index contributed by atoms with van der Waals surface area (Å²) in [7, 11) is 0. The predicted molar refractivity (Wildman–Crippen MR) is 148 cm³/mol. The average Bonchev–Trinajstić information content (AvgIpc) is 3.37. The van der Waals surface area contributed by atoms with Crippen molar-refractivity contribution in [2.75, 3.05) is 0 Å². The lowest BCUT2D eigenvalue weighted by molar-refractivity contribution is -0.198. The molecule has 2 aromatic heterocycles. The van der Waals surface area contributed by atoms with Crippen LogP contribution >= 0.6 is 22.9 Å². The first-order chi connectivity index (χ1) is 19.1. The highest BCUT2D eigenvalue weighted by Crippen LogP contribution is 2.44. The Balaban J connectivity index is 1.51. The topological polar surface area (TPSA) is 98.3 Å². The first kappa shape index (κ1) is 27.6. The van der Waals surface area contributed by atoms with Gasteiger partial charge in [-0.1, -0.05) is 72.3 Å². The third-order valence-corrected chi connectivity index (χ3v) is 7.46. The van der Waals surface area contributed by atoms with E-state index in [0.717, 1.165) is 11.1 Å². The lowest BCUT2D eigenvalue weighted by Crippen LogP contribution is -2.32. The second-order valence-corrected chi connectivity index (χ2v) is 10.3. The van der Waals surface area contributed by atoms with E-state index in [-0.39, 0.29) is 17.9 Å². The molecule has 0 amide bonds. The number of thiophene rings is 1. The Bertz CT molecular complexity index is 1660. The van der Waals surface area contributed by atoms with Gasteiger partial charge in [0.05, 0.1) is 5.52 Å². The van der Waals surface area contributed by atoms with Crippen molar-refractivity contribution in [2.24, 2.45) is 5.73 Å². The van der Waals surface area contributed by atoms with E-state index in [4.69, 9.17) is 27.2 Å². The van der Waals surface area contributed by atoms with E-state index in [1.54, 1.807) is 60.0 Å². The number of fused-ring (bicyclic) bond motifs is 1. The van der Waals surface area contributed by atoms with Gasteiger partial charge in [0.15, 0.2) is 0 Å². The van der Waals surface area contributed by atoms with E-state index in [1.807, 2.05) is 0 Å². The van der Waals surface area contributed by atoms with Crippen LogP contribution in [0.4, 0.5) is 13.2 Å². The molecule has 2 heterocycles. The molecule has 11 heteroatoms. The molecule has 0 saturated carbocycles. The first-order valence-corrected chi connectivity index (χ1v) is 13.3. The highest BCUT2D eigenvalue weighted by molar-refractivity contribution is 7.18. The molecule has 0 spiro atoms. The standard InChI is InChI=1S/C29H21ClF3N3O3S/c30-19-10-11-20(21(13-19)17-4-2-1-3-5-17)26(29(31,32)33)39-27-25-24(35-15-36-27)22(14-40-25)18-8-6-16(7-9-18)12-23(34)28(37)38/h1-11,13-15,23,26H,12,34H2,(H,37,38). The summed E-state index contributed by atoms with van der Waals surface area (Å²) in [5.74, 6) is -1.29. The molecule has 40 heavy (non-hydrogen) atoms. The van der Waals surface area contributed by atoms with Crippen molar-refractivity contribution in [1.29, 1.82) is 0 Å². The third kappa shape index (κ3) is 5.79. The molecule has 0 fully saturated rings. The molecule has 3 aromatic carbocycles. The Morgan fingerprint density at radius 3 is 2.38 bits per heavy atom. The fourth-order valence-electron chi connectivity index (χ4n) is 4.32. The van der Waals surface area contributed by atoms with Crippen molar-refractivity contribution in [3.8, 4) is 28.1 Å².